The van der Waals surface area contributed by atoms with Crippen LogP contribution in [0.3, 0.4) is 0 Å². The summed E-state index contributed by atoms with van der Waals surface area (Å²) in [5, 5.41) is 26.2. The van der Waals surface area contributed by atoms with Crippen molar-refractivity contribution >= 4 is 29.7 Å². The van der Waals surface area contributed by atoms with E-state index in [1.54, 1.807) is 13.8 Å². The van der Waals surface area contributed by atoms with Gasteiger partial charge in [0.2, 0.25) is 17.7 Å². The highest BCUT2D eigenvalue weighted by atomic mass is 16.4. The monoisotopic (exact) mass is 497 g/mol. The number of nitrogens with zero attached hydrogens (tertiary/aromatic N) is 2. The molecule has 0 aliphatic carbocycles. The minimum atomic E-state index is -1.40. The van der Waals surface area contributed by atoms with E-state index in [0.717, 1.165) is 0 Å². The minimum absolute atomic E-state index is 0.0432. The lowest BCUT2D eigenvalue weighted by atomic mass is 10.0. The highest BCUT2D eigenvalue weighted by molar-refractivity contribution is 5.94. The number of carbonyl (C=O) groups is 4. The Kier molecular flexibility index (Phi) is 12.2. The van der Waals surface area contributed by atoms with Crippen LogP contribution in [0.4, 0.5) is 0 Å². The zero-order valence-corrected chi connectivity index (χ0v) is 19.7. The van der Waals surface area contributed by atoms with Crippen LogP contribution < -0.4 is 33.2 Å². The van der Waals surface area contributed by atoms with E-state index in [4.69, 9.17) is 17.2 Å². The Hall–Kier alpha value is -3.72. The number of aromatic amines is 1. The number of guanidine groups is 1. The van der Waals surface area contributed by atoms with Gasteiger partial charge in [-0.2, -0.15) is 0 Å². The van der Waals surface area contributed by atoms with Crippen LogP contribution in [-0.2, 0) is 25.6 Å². The number of H-pyrrole nitrogens is 1. The first-order valence-corrected chi connectivity index (χ1v) is 11.0. The van der Waals surface area contributed by atoms with Crippen molar-refractivity contribution in [3.05, 3.63) is 18.2 Å². The molecule has 15 heteroatoms. The zero-order valence-electron chi connectivity index (χ0n) is 19.7. The first-order chi connectivity index (χ1) is 16.5. The van der Waals surface area contributed by atoms with Gasteiger partial charge in [0, 0.05) is 24.9 Å². The van der Waals surface area contributed by atoms with Gasteiger partial charge in [-0.05, 0) is 18.8 Å². The average molecular weight is 498 g/mol. The molecule has 0 radical (unpaired) electrons. The number of rotatable bonds is 15. The second-order valence-electron chi connectivity index (χ2n) is 8.21. The van der Waals surface area contributed by atoms with Crippen molar-refractivity contribution in [3.63, 3.8) is 0 Å². The lowest BCUT2D eigenvalue weighted by Gasteiger charge is -2.25. The van der Waals surface area contributed by atoms with Crippen molar-refractivity contribution in [2.24, 2.45) is 28.1 Å². The molecular formula is C20H35N9O6. The summed E-state index contributed by atoms with van der Waals surface area (Å²) in [4.78, 5) is 59.9. The quantitative estimate of drug-likeness (QED) is 0.0656. The number of aromatic nitrogens is 2. The van der Waals surface area contributed by atoms with Crippen LogP contribution in [0, 0.1) is 5.92 Å². The molecule has 15 nitrogen and oxygen atoms in total. The number of aliphatic hydroxyl groups is 1. The largest absolute Gasteiger partial charge is 0.480 e. The van der Waals surface area contributed by atoms with E-state index in [1.807, 2.05) is 0 Å². The number of carboxylic acids is 1. The van der Waals surface area contributed by atoms with E-state index in [2.05, 4.69) is 30.9 Å². The molecule has 3 amide bonds. The summed E-state index contributed by atoms with van der Waals surface area (Å²) in [6, 6.07) is -4.79. The molecule has 12 N–H and O–H groups in total. The third-order valence-corrected chi connectivity index (χ3v) is 4.96. The van der Waals surface area contributed by atoms with E-state index >= 15 is 0 Å². The van der Waals surface area contributed by atoms with Crippen LogP contribution in [0.2, 0.25) is 0 Å². The van der Waals surface area contributed by atoms with Crippen LogP contribution in [-0.4, -0.2) is 87.2 Å². The van der Waals surface area contributed by atoms with Crippen LogP contribution in [0.5, 0.6) is 0 Å². The number of carbonyl (C=O) groups excluding carboxylic acids is 3. The second-order valence-corrected chi connectivity index (χ2v) is 8.21. The number of nitrogens with one attached hydrogen (secondary N) is 4. The van der Waals surface area contributed by atoms with Gasteiger partial charge >= 0.3 is 5.97 Å². The summed E-state index contributed by atoms with van der Waals surface area (Å²) < 4.78 is 0. The average Bonchev–Trinajstić information content (AvgIpc) is 3.30. The molecule has 0 saturated carbocycles. The van der Waals surface area contributed by atoms with Gasteiger partial charge in [0.15, 0.2) is 5.96 Å². The zero-order chi connectivity index (χ0) is 26.5. The molecular weight excluding hydrogens is 462 g/mol. The molecule has 0 bridgehead atoms. The van der Waals surface area contributed by atoms with Crippen LogP contribution in [0.1, 0.15) is 32.4 Å². The van der Waals surface area contributed by atoms with Crippen molar-refractivity contribution in [1.82, 2.24) is 25.9 Å². The SMILES string of the molecule is CC(C)C(NC(=O)C(Cc1cnc[nH]1)NC(=O)C(CO)NC(=O)C(N)CCCN=C(N)N)C(=O)O. The third-order valence-electron chi connectivity index (χ3n) is 4.96. The van der Waals surface area contributed by atoms with E-state index < -0.39 is 60.4 Å². The fraction of sp³-hybridized carbons (Fsp3) is 0.600. The van der Waals surface area contributed by atoms with Gasteiger partial charge in [-0.3, -0.25) is 19.4 Å². The van der Waals surface area contributed by atoms with E-state index in [-0.39, 0.29) is 25.3 Å². The number of aliphatic imine (C=N–C) groups is 1. The van der Waals surface area contributed by atoms with Gasteiger partial charge in [-0.1, -0.05) is 13.8 Å². The van der Waals surface area contributed by atoms with Crippen molar-refractivity contribution in [3.8, 4) is 0 Å². The summed E-state index contributed by atoms with van der Waals surface area (Å²) in [6.45, 7) is 2.75. The maximum atomic E-state index is 12.8. The summed E-state index contributed by atoms with van der Waals surface area (Å²) in [5.41, 5.74) is 16.8. The first kappa shape index (κ1) is 29.3. The molecule has 35 heavy (non-hydrogen) atoms. The molecule has 0 aromatic carbocycles. The standard InChI is InChI=1S/C20H35N9O6/c1-10(2)15(19(34)35)29-17(32)13(6-11-7-24-9-26-11)27-18(33)14(8-30)28-16(31)12(21)4-3-5-25-20(22)23/h7,9-10,12-15,30H,3-6,8,21H2,1-2H3,(H,24,26)(H,27,33)(H,28,31)(H,29,32)(H,34,35)(H4,22,23,25). The Morgan fingerprint density at radius 2 is 1.71 bits per heavy atom. The number of carboxylic acid groups (broad SMARTS) is 1. The van der Waals surface area contributed by atoms with Crippen LogP contribution >= 0.6 is 0 Å². The van der Waals surface area contributed by atoms with Crippen LogP contribution in [0.25, 0.3) is 0 Å². The van der Waals surface area contributed by atoms with E-state index in [0.29, 0.717) is 12.1 Å². The summed E-state index contributed by atoms with van der Waals surface area (Å²) in [5.74, 6) is -4.04. The Morgan fingerprint density at radius 1 is 1.09 bits per heavy atom. The van der Waals surface area contributed by atoms with Crippen molar-refractivity contribution < 1.29 is 29.4 Å². The molecule has 0 spiro atoms. The van der Waals surface area contributed by atoms with Crippen LogP contribution in [0.15, 0.2) is 17.5 Å². The number of aliphatic hydroxyl groups excluding tert-OH is 1. The topological polar surface area (TPSA) is 264 Å². The predicted molar refractivity (Wildman–Crippen MR) is 126 cm³/mol. The van der Waals surface area contributed by atoms with Crippen molar-refractivity contribution in [1.29, 1.82) is 0 Å². The van der Waals surface area contributed by atoms with Gasteiger partial charge in [0.25, 0.3) is 0 Å². The second kappa shape index (κ2) is 14.5. The molecule has 1 rings (SSSR count). The molecule has 4 unspecified atom stereocenters. The number of nitrogens with two attached hydrogens (primary N) is 3. The molecule has 0 fully saturated rings. The van der Waals surface area contributed by atoms with Gasteiger partial charge in [-0.15, -0.1) is 0 Å². The Balaban J connectivity index is 2.85. The fourth-order valence-electron chi connectivity index (χ4n) is 2.99. The number of hydrogen-bond acceptors (Lipinski definition) is 8. The van der Waals surface area contributed by atoms with Gasteiger partial charge in [-0.25, -0.2) is 9.78 Å². The normalized spacial score (nSPS) is 14.3. The van der Waals surface area contributed by atoms with E-state index in [9.17, 15) is 29.4 Å². The Bertz CT molecular complexity index is 870. The minimum Gasteiger partial charge on any atom is -0.480 e. The van der Waals surface area contributed by atoms with E-state index in [1.165, 1.54) is 12.5 Å². The number of hydrogen-bond donors (Lipinski definition) is 9. The molecule has 0 saturated heterocycles. The molecule has 4 atom stereocenters. The van der Waals surface area contributed by atoms with Crippen molar-refractivity contribution in [2.45, 2.75) is 57.3 Å². The van der Waals surface area contributed by atoms with Crippen molar-refractivity contribution in [2.75, 3.05) is 13.2 Å². The molecule has 1 heterocycles. The molecule has 0 aliphatic heterocycles. The summed E-state index contributed by atoms with van der Waals surface area (Å²) >= 11 is 0. The first-order valence-electron chi connectivity index (χ1n) is 11.0. The highest BCUT2D eigenvalue weighted by Gasteiger charge is 2.31. The summed E-state index contributed by atoms with van der Waals surface area (Å²) in [6.07, 6.45) is 3.41. The fourth-order valence-corrected chi connectivity index (χ4v) is 2.99. The number of aliphatic carboxylic acids is 1. The van der Waals surface area contributed by atoms with Gasteiger partial charge in [0.1, 0.15) is 18.1 Å². The molecule has 196 valence electrons. The predicted octanol–water partition coefficient (Wildman–Crippen LogP) is -3.48. The molecule has 0 aliphatic rings. The number of imidazole rings is 1. The Morgan fingerprint density at radius 3 is 2.23 bits per heavy atom. The highest BCUT2D eigenvalue weighted by Crippen LogP contribution is 2.05. The Labute approximate surface area is 202 Å². The lowest BCUT2D eigenvalue weighted by molar-refractivity contribution is -0.143. The van der Waals surface area contributed by atoms with Gasteiger partial charge < -0.3 is 48.3 Å². The lowest BCUT2D eigenvalue weighted by Crippen LogP contribution is -2.59. The maximum absolute atomic E-state index is 12.8. The smallest absolute Gasteiger partial charge is 0.326 e. The third kappa shape index (κ3) is 10.4. The number of amides is 3. The molecule has 1 aromatic rings. The van der Waals surface area contributed by atoms with Gasteiger partial charge in [0.05, 0.1) is 19.0 Å². The maximum Gasteiger partial charge on any atom is 0.326 e. The summed E-state index contributed by atoms with van der Waals surface area (Å²) in [7, 11) is 0. The molecule has 1 aromatic heterocycles.